The molecule has 4 heteroatoms. The van der Waals surface area contributed by atoms with Crippen molar-refractivity contribution in [2.45, 2.75) is 25.4 Å². The molecule has 1 N–H and O–H groups in total. The van der Waals surface area contributed by atoms with E-state index in [1.54, 1.807) is 4.90 Å². The average Bonchev–Trinajstić information content (AvgIpc) is 2.45. The molecule has 0 aromatic heterocycles. The number of carbonyl (C=O) groups excluding carboxylic acids is 1. The fraction of sp³-hybridized carbons (Fsp3) is 0.500. The lowest BCUT2D eigenvalue weighted by atomic mass is 10.1. The summed E-state index contributed by atoms with van der Waals surface area (Å²) in [7, 11) is 1.43. The van der Waals surface area contributed by atoms with Gasteiger partial charge in [0.15, 0.2) is 0 Å². The first-order valence-corrected chi connectivity index (χ1v) is 6.40. The number of nitrogens with zero attached hydrogens (tertiary/aromatic N) is 1. The van der Waals surface area contributed by atoms with Crippen LogP contribution in [-0.2, 0) is 11.3 Å². The van der Waals surface area contributed by atoms with Crippen molar-refractivity contribution < 1.29 is 9.53 Å². The first-order chi connectivity index (χ1) is 8.79. The lowest BCUT2D eigenvalue weighted by Crippen LogP contribution is -2.47. The molecule has 1 aliphatic rings. The third-order valence-corrected chi connectivity index (χ3v) is 3.29. The van der Waals surface area contributed by atoms with Crippen LogP contribution in [0, 0.1) is 0 Å². The predicted octanol–water partition coefficient (Wildman–Crippen LogP) is 2.01. The largest absolute Gasteiger partial charge is 0.453 e. The fourth-order valence-corrected chi connectivity index (χ4v) is 2.30. The maximum Gasteiger partial charge on any atom is 0.409 e. The van der Waals surface area contributed by atoms with Gasteiger partial charge in [0, 0.05) is 25.7 Å². The summed E-state index contributed by atoms with van der Waals surface area (Å²) in [6.07, 6.45) is 1.92. The van der Waals surface area contributed by atoms with Crippen molar-refractivity contribution in [2.75, 3.05) is 20.2 Å². The van der Waals surface area contributed by atoms with Crippen LogP contribution >= 0.6 is 0 Å². The Kier molecular flexibility index (Phi) is 4.59. The van der Waals surface area contributed by atoms with Crippen LogP contribution in [-0.4, -0.2) is 37.2 Å². The molecule has 4 nitrogen and oxygen atoms in total. The molecular weight excluding hydrogens is 228 g/mol. The first kappa shape index (κ1) is 12.9. The number of carbonyl (C=O) groups is 1. The van der Waals surface area contributed by atoms with Crippen LogP contribution in [0.15, 0.2) is 30.3 Å². The maximum absolute atomic E-state index is 11.5. The molecule has 0 radical (unpaired) electrons. The number of likely N-dealkylation sites (tertiary alicyclic amines) is 1. The summed E-state index contributed by atoms with van der Waals surface area (Å²) in [5.74, 6) is 0. The molecule has 1 heterocycles. The lowest BCUT2D eigenvalue weighted by Gasteiger charge is -2.32. The Morgan fingerprint density at radius 1 is 1.44 bits per heavy atom. The van der Waals surface area contributed by atoms with Crippen molar-refractivity contribution in [1.29, 1.82) is 0 Å². The van der Waals surface area contributed by atoms with E-state index >= 15 is 0 Å². The van der Waals surface area contributed by atoms with Crippen molar-refractivity contribution in [3.05, 3.63) is 35.9 Å². The van der Waals surface area contributed by atoms with E-state index in [4.69, 9.17) is 4.74 Å². The predicted molar refractivity (Wildman–Crippen MR) is 70.3 cm³/mol. The average molecular weight is 248 g/mol. The summed E-state index contributed by atoms with van der Waals surface area (Å²) in [5.41, 5.74) is 1.27. The number of nitrogens with one attached hydrogen (secondary N) is 1. The van der Waals surface area contributed by atoms with Gasteiger partial charge >= 0.3 is 6.09 Å². The van der Waals surface area contributed by atoms with E-state index in [0.717, 1.165) is 32.5 Å². The zero-order valence-corrected chi connectivity index (χ0v) is 10.8. The van der Waals surface area contributed by atoms with E-state index in [2.05, 4.69) is 17.4 Å². The fourth-order valence-electron chi connectivity index (χ4n) is 2.30. The molecule has 1 aliphatic heterocycles. The SMILES string of the molecule is COC(=O)N1CCCC(NCc2ccccc2)C1. The molecule has 2 rings (SSSR count). The third-order valence-electron chi connectivity index (χ3n) is 3.29. The van der Waals surface area contributed by atoms with Crippen LogP contribution in [0.5, 0.6) is 0 Å². The molecule has 1 saturated heterocycles. The monoisotopic (exact) mass is 248 g/mol. The Hall–Kier alpha value is -1.55. The van der Waals surface area contributed by atoms with Gasteiger partial charge in [-0.3, -0.25) is 0 Å². The highest BCUT2D eigenvalue weighted by Gasteiger charge is 2.23. The van der Waals surface area contributed by atoms with E-state index in [-0.39, 0.29) is 6.09 Å². The molecule has 1 unspecified atom stereocenters. The van der Waals surface area contributed by atoms with Crippen molar-refractivity contribution in [2.24, 2.45) is 0 Å². The summed E-state index contributed by atoms with van der Waals surface area (Å²) in [4.78, 5) is 13.2. The molecule has 1 aromatic carbocycles. The van der Waals surface area contributed by atoms with E-state index in [1.807, 2.05) is 18.2 Å². The van der Waals surface area contributed by atoms with Crippen LogP contribution in [0.2, 0.25) is 0 Å². The van der Waals surface area contributed by atoms with Crippen molar-refractivity contribution in [3.8, 4) is 0 Å². The van der Waals surface area contributed by atoms with Gasteiger partial charge in [0.2, 0.25) is 0 Å². The maximum atomic E-state index is 11.5. The van der Waals surface area contributed by atoms with E-state index in [0.29, 0.717) is 6.04 Å². The number of piperidine rings is 1. The zero-order valence-electron chi connectivity index (χ0n) is 10.8. The van der Waals surface area contributed by atoms with E-state index in [1.165, 1.54) is 12.7 Å². The molecule has 0 aliphatic carbocycles. The van der Waals surface area contributed by atoms with Crippen molar-refractivity contribution in [1.82, 2.24) is 10.2 Å². The number of rotatable bonds is 3. The molecule has 0 spiro atoms. The van der Waals surface area contributed by atoms with Crippen LogP contribution in [0.4, 0.5) is 4.79 Å². The summed E-state index contributed by atoms with van der Waals surface area (Å²) < 4.78 is 4.76. The molecule has 1 fully saturated rings. The highest BCUT2D eigenvalue weighted by Crippen LogP contribution is 2.11. The third kappa shape index (κ3) is 3.47. The molecule has 0 bridgehead atoms. The van der Waals surface area contributed by atoms with Crippen LogP contribution in [0.1, 0.15) is 18.4 Å². The molecular formula is C14H20N2O2. The van der Waals surface area contributed by atoms with Gasteiger partial charge in [0.1, 0.15) is 0 Å². The number of methoxy groups -OCH3 is 1. The lowest BCUT2D eigenvalue weighted by molar-refractivity contribution is 0.107. The molecule has 98 valence electrons. The summed E-state index contributed by atoms with van der Waals surface area (Å²) in [5, 5.41) is 3.50. The second-order valence-corrected chi connectivity index (χ2v) is 4.62. The Morgan fingerprint density at radius 3 is 2.94 bits per heavy atom. The quantitative estimate of drug-likeness (QED) is 0.889. The Labute approximate surface area is 108 Å². The van der Waals surface area contributed by atoms with Gasteiger partial charge < -0.3 is 15.0 Å². The Balaban J connectivity index is 1.81. The van der Waals surface area contributed by atoms with Gasteiger partial charge in [-0.15, -0.1) is 0 Å². The minimum absolute atomic E-state index is 0.221. The zero-order chi connectivity index (χ0) is 12.8. The van der Waals surface area contributed by atoms with Gasteiger partial charge in [-0.1, -0.05) is 30.3 Å². The second-order valence-electron chi connectivity index (χ2n) is 4.62. The first-order valence-electron chi connectivity index (χ1n) is 6.40. The Morgan fingerprint density at radius 2 is 2.22 bits per heavy atom. The second kappa shape index (κ2) is 6.40. The highest BCUT2D eigenvalue weighted by molar-refractivity contribution is 5.67. The minimum Gasteiger partial charge on any atom is -0.453 e. The molecule has 0 saturated carbocycles. The van der Waals surface area contributed by atoms with Crippen LogP contribution in [0.25, 0.3) is 0 Å². The Bertz CT molecular complexity index is 381. The molecule has 18 heavy (non-hydrogen) atoms. The number of hydrogen-bond acceptors (Lipinski definition) is 3. The van der Waals surface area contributed by atoms with Gasteiger partial charge in [0.05, 0.1) is 7.11 Å². The number of amides is 1. The summed E-state index contributed by atoms with van der Waals surface area (Å²) >= 11 is 0. The number of ether oxygens (including phenoxy) is 1. The van der Waals surface area contributed by atoms with Gasteiger partial charge in [-0.05, 0) is 18.4 Å². The standard InChI is InChI=1S/C14H20N2O2/c1-18-14(17)16-9-5-8-13(11-16)15-10-12-6-3-2-4-7-12/h2-4,6-7,13,15H,5,8-11H2,1H3. The minimum atomic E-state index is -0.221. The van der Waals surface area contributed by atoms with Gasteiger partial charge in [0.25, 0.3) is 0 Å². The molecule has 1 amide bonds. The van der Waals surface area contributed by atoms with Gasteiger partial charge in [-0.25, -0.2) is 4.79 Å². The highest BCUT2D eigenvalue weighted by atomic mass is 16.5. The molecule has 1 atom stereocenters. The van der Waals surface area contributed by atoms with Crippen LogP contribution in [0.3, 0.4) is 0 Å². The number of benzene rings is 1. The van der Waals surface area contributed by atoms with Crippen LogP contribution < -0.4 is 5.32 Å². The van der Waals surface area contributed by atoms with Crippen molar-refractivity contribution >= 4 is 6.09 Å². The number of hydrogen-bond donors (Lipinski definition) is 1. The topological polar surface area (TPSA) is 41.6 Å². The van der Waals surface area contributed by atoms with Gasteiger partial charge in [-0.2, -0.15) is 0 Å². The van der Waals surface area contributed by atoms with E-state index < -0.39 is 0 Å². The molecule has 1 aromatic rings. The smallest absolute Gasteiger partial charge is 0.409 e. The van der Waals surface area contributed by atoms with E-state index in [9.17, 15) is 4.79 Å². The summed E-state index contributed by atoms with van der Waals surface area (Å²) in [6, 6.07) is 10.7. The summed E-state index contributed by atoms with van der Waals surface area (Å²) in [6.45, 7) is 2.39. The normalized spacial score (nSPS) is 19.6. The van der Waals surface area contributed by atoms with Crippen molar-refractivity contribution in [3.63, 3.8) is 0 Å².